The van der Waals surface area contributed by atoms with Crippen LogP contribution < -0.4 is 0 Å². The maximum atomic E-state index is 5.30. The van der Waals surface area contributed by atoms with Gasteiger partial charge in [-0.1, -0.05) is 57.7 Å². The largest absolute Gasteiger partial charge is 0.501 e. The zero-order chi connectivity index (χ0) is 12.9. The van der Waals surface area contributed by atoms with Crippen molar-refractivity contribution in [3.63, 3.8) is 0 Å². The summed E-state index contributed by atoms with van der Waals surface area (Å²) in [5, 5.41) is 0. The third-order valence-corrected chi connectivity index (χ3v) is 3.52. The number of ether oxygens (including phenoxy) is 1. The van der Waals surface area contributed by atoms with Crippen molar-refractivity contribution in [3.05, 3.63) is 48.2 Å². The van der Waals surface area contributed by atoms with Crippen molar-refractivity contribution >= 4 is 0 Å². The van der Waals surface area contributed by atoms with Crippen LogP contribution in [0.4, 0.5) is 0 Å². The van der Waals surface area contributed by atoms with Crippen LogP contribution in [0.1, 0.15) is 45.1 Å². The zero-order valence-electron chi connectivity index (χ0n) is 11.5. The lowest BCUT2D eigenvalue weighted by Crippen LogP contribution is -2.19. The van der Waals surface area contributed by atoms with E-state index >= 15 is 0 Å². The predicted octanol–water partition coefficient (Wildman–Crippen LogP) is 4.76. The van der Waals surface area contributed by atoms with E-state index in [1.807, 2.05) is 0 Å². The highest BCUT2D eigenvalue weighted by atomic mass is 16.5. The highest BCUT2D eigenvalue weighted by Gasteiger charge is 2.27. The number of methoxy groups -OCH3 is 1. The summed E-state index contributed by atoms with van der Waals surface area (Å²) in [5.74, 6) is 1.44. The first kappa shape index (κ1) is 13.8. The van der Waals surface area contributed by atoms with E-state index in [-0.39, 0.29) is 5.41 Å². The average Bonchev–Trinajstić information content (AvgIpc) is 2.36. The molecule has 1 nitrogen and oxygen atoms in total. The van der Waals surface area contributed by atoms with E-state index < -0.39 is 0 Å². The van der Waals surface area contributed by atoms with Crippen LogP contribution in [0, 0.1) is 5.41 Å². The van der Waals surface area contributed by atoms with Crippen LogP contribution in [0.25, 0.3) is 0 Å². The minimum absolute atomic E-state index is 0.0191. The quantitative estimate of drug-likeness (QED) is 0.643. The van der Waals surface area contributed by atoms with Crippen LogP contribution in [0.2, 0.25) is 0 Å². The first-order chi connectivity index (χ1) is 8.01. The summed E-state index contributed by atoms with van der Waals surface area (Å²) in [6.45, 7) is 10.6. The fourth-order valence-corrected chi connectivity index (χ4v) is 2.23. The third-order valence-electron chi connectivity index (χ3n) is 3.52. The van der Waals surface area contributed by atoms with Crippen LogP contribution in [0.15, 0.2) is 42.7 Å². The highest BCUT2D eigenvalue weighted by molar-refractivity contribution is 5.20. The molecule has 0 N–H and O–H groups in total. The molecule has 0 aliphatic heterocycles. The number of benzene rings is 1. The Kier molecular flexibility index (Phi) is 4.80. The Labute approximate surface area is 106 Å². The van der Waals surface area contributed by atoms with Gasteiger partial charge in [-0.15, -0.1) is 0 Å². The summed E-state index contributed by atoms with van der Waals surface area (Å²) < 4.78 is 5.30. The van der Waals surface area contributed by atoms with Crippen molar-refractivity contribution in [2.75, 3.05) is 7.11 Å². The summed E-state index contributed by atoms with van der Waals surface area (Å²) in [4.78, 5) is 0. The Hall–Kier alpha value is -1.24. The number of hydrogen-bond acceptors (Lipinski definition) is 1. The van der Waals surface area contributed by atoms with Crippen LogP contribution >= 0.6 is 0 Å². The maximum absolute atomic E-state index is 5.30. The van der Waals surface area contributed by atoms with Crippen LogP contribution in [0.3, 0.4) is 0 Å². The predicted molar refractivity (Wildman–Crippen MR) is 74.0 cm³/mol. The van der Waals surface area contributed by atoms with E-state index in [0.29, 0.717) is 5.92 Å². The van der Waals surface area contributed by atoms with Gasteiger partial charge < -0.3 is 4.74 Å². The molecule has 0 amide bonds. The van der Waals surface area contributed by atoms with Crippen LogP contribution in [-0.2, 0) is 4.74 Å². The topological polar surface area (TPSA) is 9.23 Å². The van der Waals surface area contributed by atoms with Gasteiger partial charge in [-0.05, 0) is 24.3 Å². The highest BCUT2D eigenvalue weighted by Crippen LogP contribution is 2.38. The monoisotopic (exact) mass is 232 g/mol. The molecule has 1 atom stereocenters. The van der Waals surface area contributed by atoms with Crippen LogP contribution in [-0.4, -0.2) is 7.11 Å². The summed E-state index contributed by atoms with van der Waals surface area (Å²) >= 11 is 0. The molecule has 0 heterocycles. The number of allylic oxidation sites excluding steroid dienone is 1. The van der Waals surface area contributed by atoms with Gasteiger partial charge in [0.05, 0.1) is 12.9 Å². The standard InChI is InChI=1S/C16H24O/c1-6-14(15-10-8-7-9-11-15)12-16(3,4)13(2)17-5/h7-11,14H,2,6,12H2,1,3-5H3. The Morgan fingerprint density at radius 2 is 1.88 bits per heavy atom. The molecule has 0 saturated heterocycles. The second kappa shape index (κ2) is 5.90. The van der Waals surface area contributed by atoms with Gasteiger partial charge in [0.1, 0.15) is 0 Å². The van der Waals surface area contributed by atoms with Crippen molar-refractivity contribution in [1.82, 2.24) is 0 Å². The molecule has 0 bridgehead atoms. The Balaban J connectivity index is 2.81. The molecule has 94 valence electrons. The second-order valence-corrected chi connectivity index (χ2v) is 5.23. The summed E-state index contributed by atoms with van der Waals surface area (Å²) in [7, 11) is 1.70. The zero-order valence-corrected chi connectivity index (χ0v) is 11.5. The summed E-state index contributed by atoms with van der Waals surface area (Å²) in [5.41, 5.74) is 1.43. The molecule has 1 heteroatoms. The average molecular weight is 232 g/mol. The van der Waals surface area contributed by atoms with Crippen molar-refractivity contribution in [3.8, 4) is 0 Å². The molecule has 1 aromatic carbocycles. The molecular formula is C16H24O. The van der Waals surface area contributed by atoms with Gasteiger partial charge in [0.15, 0.2) is 0 Å². The first-order valence-electron chi connectivity index (χ1n) is 6.29. The molecule has 0 saturated carbocycles. The molecule has 0 aromatic heterocycles. The fraction of sp³-hybridized carbons (Fsp3) is 0.500. The molecule has 1 aromatic rings. The molecule has 0 radical (unpaired) electrons. The van der Waals surface area contributed by atoms with Gasteiger partial charge in [0, 0.05) is 5.41 Å². The Bertz CT molecular complexity index is 351. The van der Waals surface area contributed by atoms with Crippen molar-refractivity contribution in [2.24, 2.45) is 5.41 Å². The molecular weight excluding hydrogens is 208 g/mol. The SMILES string of the molecule is C=C(OC)C(C)(C)CC(CC)c1ccccc1. The minimum atomic E-state index is 0.0191. The molecule has 0 aliphatic carbocycles. The van der Waals surface area contributed by atoms with Gasteiger partial charge in [-0.2, -0.15) is 0 Å². The van der Waals surface area contributed by atoms with E-state index in [2.05, 4.69) is 57.7 Å². The van der Waals surface area contributed by atoms with E-state index in [1.54, 1.807) is 7.11 Å². The fourth-order valence-electron chi connectivity index (χ4n) is 2.23. The van der Waals surface area contributed by atoms with Crippen molar-refractivity contribution < 1.29 is 4.74 Å². The molecule has 1 rings (SSSR count). The van der Waals surface area contributed by atoms with Gasteiger partial charge in [-0.25, -0.2) is 0 Å². The molecule has 0 aliphatic rings. The van der Waals surface area contributed by atoms with Gasteiger partial charge in [0.25, 0.3) is 0 Å². The summed E-state index contributed by atoms with van der Waals surface area (Å²) in [6, 6.07) is 10.7. The molecule has 0 spiro atoms. The van der Waals surface area contributed by atoms with E-state index in [9.17, 15) is 0 Å². The van der Waals surface area contributed by atoms with E-state index in [0.717, 1.165) is 18.6 Å². The lowest BCUT2D eigenvalue weighted by molar-refractivity contribution is 0.179. The smallest absolute Gasteiger partial charge is 0.0940 e. The molecule has 0 fully saturated rings. The third kappa shape index (κ3) is 3.62. The number of rotatable bonds is 6. The van der Waals surface area contributed by atoms with E-state index in [1.165, 1.54) is 5.56 Å². The van der Waals surface area contributed by atoms with Gasteiger partial charge in [0.2, 0.25) is 0 Å². The number of hydrogen-bond donors (Lipinski definition) is 0. The van der Waals surface area contributed by atoms with E-state index in [4.69, 9.17) is 4.74 Å². The molecule has 17 heavy (non-hydrogen) atoms. The minimum Gasteiger partial charge on any atom is -0.501 e. The van der Waals surface area contributed by atoms with Gasteiger partial charge in [-0.3, -0.25) is 0 Å². The van der Waals surface area contributed by atoms with Crippen molar-refractivity contribution in [1.29, 1.82) is 0 Å². The first-order valence-corrected chi connectivity index (χ1v) is 6.29. The Morgan fingerprint density at radius 3 is 2.35 bits per heavy atom. The maximum Gasteiger partial charge on any atom is 0.0940 e. The summed E-state index contributed by atoms with van der Waals surface area (Å²) in [6.07, 6.45) is 2.21. The van der Waals surface area contributed by atoms with Gasteiger partial charge >= 0.3 is 0 Å². The lowest BCUT2D eigenvalue weighted by atomic mass is 9.78. The second-order valence-electron chi connectivity index (χ2n) is 5.23. The molecule has 1 unspecified atom stereocenters. The lowest BCUT2D eigenvalue weighted by Gasteiger charge is -2.30. The normalized spacial score (nSPS) is 13.2. The Morgan fingerprint density at radius 1 is 1.29 bits per heavy atom. The van der Waals surface area contributed by atoms with Crippen molar-refractivity contribution in [2.45, 2.75) is 39.5 Å². The van der Waals surface area contributed by atoms with Crippen LogP contribution in [0.5, 0.6) is 0 Å².